The number of fused-ring (bicyclic) bond motifs is 1. The van der Waals surface area contributed by atoms with E-state index >= 15 is 0 Å². The normalized spacial score (nSPS) is 11.7. The van der Waals surface area contributed by atoms with Crippen LogP contribution in [0.3, 0.4) is 0 Å². The standard InChI is InChI=1S/C15H8F5N3/c16-9-5-1-2-7-11(9)21-13-8-4-3-6-10(17)12(8)22-14(23-13)15(18,19)20/h1-7H,(H,21,22,23). The second kappa shape index (κ2) is 5.45. The van der Waals surface area contributed by atoms with Crippen molar-refractivity contribution in [3.63, 3.8) is 0 Å². The van der Waals surface area contributed by atoms with E-state index in [1.807, 2.05) is 0 Å². The molecule has 0 spiro atoms. The quantitative estimate of drug-likeness (QED) is 0.696. The topological polar surface area (TPSA) is 37.8 Å². The van der Waals surface area contributed by atoms with E-state index < -0.39 is 29.2 Å². The second-order valence-electron chi connectivity index (χ2n) is 4.63. The Labute approximate surface area is 126 Å². The molecule has 0 saturated carbocycles. The van der Waals surface area contributed by atoms with Crippen molar-refractivity contribution in [1.82, 2.24) is 9.97 Å². The van der Waals surface area contributed by atoms with Crippen molar-refractivity contribution >= 4 is 22.4 Å². The number of para-hydroxylation sites is 2. The van der Waals surface area contributed by atoms with Crippen molar-refractivity contribution in [2.24, 2.45) is 0 Å². The van der Waals surface area contributed by atoms with Crippen LogP contribution in [0.15, 0.2) is 42.5 Å². The van der Waals surface area contributed by atoms with E-state index in [0.717, 1.165) is 12.1 Å². The van der Waals surface area contributed by atoms with E-state index in [4.69, 9.17) is 0 Å². The van der Waals surface area contributed by atoms with Crippen LogP contribution in [-0.2, 0) is 6.18 Å². The molecule has 0 aliphatic rings. The zero-order valence-electron chi connectivity index (χ0n) is 11.3. The first kappa shape index (κ1) is 15.1. The molecule has 118 valence electrons. The van der Waals surface area contributed by atoms with Gasteiger partial charge in [-0.25, -0.2) is 18.7 Å². The molecule has 0 unspecified atom stereocenters. The predicted octanol–water partition coefficient (Wildman–Crippen LogP) is 4.67. The van der Waals surface area contributed by atoms with Crippen LogP contribution in [0.1, 0.15) is 5.82 Å². The lowest BCUT2D eigenvalue weighted by atomic mass is 10.2. The van der Waals surface area contributed by atoms with Crippen molar-refractivity contribution in [3.8, 4) is 0 Å². The van der Waals surface area contributed by atoms with Gasteiger partial charge >= 0.3 is 6.18 Å². The van der Waals surface area contributed by atoms with Crippen molar-refractivity contribution < 1.29 is 22.0 Å². The minimum absolute atomic E-state index is 0.0150. The first-order valence-electron chi connectivity index (χ1n) is 6.41. The maximum atomic E-state index is 13.8. The Balaban J connectivity index is 2.22. The average Bonchev–Trinajstić information content (AvgIpc) is 2.49. The fourth-order valence-corrected chi connectivity index (χ4v) is 2.03. The van der Waals surface area contributed by atoms with Gasteiger partial charge in [-0.1, -0.05) is 18.2 Å². The molecule has 0 radical (unpaired) electrons. The minimum atomic E-state index is -4.86. The highest BCUT2D eigenvalue weighted by Crippen LogP contribution is 2.32. The Morgan fingerprint density at radius 3 is 2.22 bits per heavy atom. The van der Waals surface area contributed by atoms with Gasteiger partial charge in [0, 0.05) is 5.39 Å². The summed E-state index contributed by atoms with van der Waals surface area (Å²) in [6.45, 7) is 0. The fourth-order valence-electron chi connectivity index (χ4n) is 2.03. The fraction of sp³-hybridized carbons (Fsp3) is 0.0667. The second-order valence-corrected chi connectivity index (χ2v) is 4.63. The molecule has 1 aromatic heterocycles. The molecule has 0 saturated heterocycles. The van der Waals surface area contributed by atoms with Gasteiger partial charge in [0.2, 0.25) is 5.82 Å². The summed E-state index contributed by atoms with van der Waals surface area (Å²) >= 11 is 0. The van der Waals surface area contributed by atoms with Crippen LogP contribution in [0, 0.1) is 11.6 Å². The monoisotopic (exact) mass is 325 g/mol. The molecule has 0 aliphatic carbocycles. The number of rotatable bonds is 2. The Kier molecular flexibility index (Phi) is 3.59. The van der Waals surface area contributed by atoms with Crippen LogP contribution in [0.2, 0.25) is 0 Å². The molecule has 0 atom stereocenters. The average molecular weight is 325 g/mol. The molecule has 0 aliphatic heterocycles. The van der Waals surface area contributed by atoms with Crippen molar-refractivity contribution in [3.05, 3.63) is 59.9 Å². The molecule has 3 nitrogen and oxygen atoms in total. The third-order valence-corrected chi connectivity index (χ3v) is 3.06. The number of nitrogens with zero attached hydrogens (tertiary/aromatic N) is 2. The smallest absolute Gasteiger partial charge is 0.337 e. The van der Waals surface area contributed by atoms with E-state index in [1.165, 1.54) is 30.3 Å². The molecule has 0 fully saturated rings. The van der Waals surface area contributed by atoms with Gasteiger partial charge in [-0.15, -0.1) is 0 Å². The van der Waals surface area contributed by atoms with Crippen LogP contribution >= 0.6 is 0 Å². The van der Waals surface area contributed by atoms with E-state index in [-0.39, 0.29) is 16.9 Å². The lowest BCUT2D eigenvalue weighted by Gasteiger charge is -2.13. The van der Waals surface area contributed by atoms with Gasteiger partial charge in [0.15, 0.2) is 0 Å². The van der Waals surface area contributed by atoms with E-state index in [0.29, 0.717) is 0 Å². The number of anilines is 2. The largest absolute Gasteiger partial charge is 0.451 e. The number of hydrogen-bond donors (Lipinski definition) is 1. The summed E-state index contributed by atoms with van der Waals surface area (Å²) in [5, 5.41) is 2.48. The predicted molar refractivity (Wildman–Crippen MR) is 74.2 cm³/mol. The molecule has 8 heteroatoms. The van der Waals surface area contributed by atoms with Crippen molar-refractivity contribution in [2.75, 3.05) is 5.32 Å². The van der Waals surface area contributed by atoms with Gasteiger partial charge in [0.1, 0.15) is 23.0 Å². The Hall–Kier alpha value is -2.77. The van der Waals surface area contributed by atoms with Crippen molar-refractivity contribution in [1.29, 1.82) is 0 Å². The highest BCUT2D eigenvalue weighted by atomic mass is 19.4. The van der Waals surface area contributed by atoms with Crippen molar-refractivity contribution in [2.45, 2.75) is 6.18 Å². The lowest BCUT2D eigenvalue weighted by molar-refractivity contribution is -0.144. The summed E-state index contributed by atoms with van der Waals surface area (Å²) in [6.07, 6.45) is -4.86. The first-order valence-corrected chi connectivity index (χ1v) is 6.41. The van der Waals surface area contributed by atoms with E-state index in [1.54, 1.807) is 0 Å². The lowest BCUT2D eigenvalue weighted by Crippen LogP contribution is -2.13. The van der Waals surface area contributed by atoms with Gasteiger partial charge in [-0.3, -0.25) is 0 Å². The number of halogens is 5. The highest BCUT2D eigenvalue weighted by molar-refractivity contribution is 5.91. The van der Waals surface area contributed by atoms with Gasteiger partial charge in [-0.05, 0) is 24.3 Å². The van der Waals surface area contributed by atoms with Crippen LogP contribution in [0.5, 0.6) is 0 Å². The van der Waals surface area contributed by atoms with Crippen LogP contribution in [-0.4, -0.2) is 9.97 Å². The van der Waals surface area contributed by atoms with E-state index in [2.05, 4.69) is 15.3 Å². The molecule has 3 rings (SSSR count). The van der Waals surface area contributed by atoms with Gasteiger partial charge in [-0.2, -0.15) is 13.2 Å². The maximum absolute atomic E-state index is 13.8. The van der Waals surface area contributed by atoms with Gasteiger partial charge in [0.25, 0.3) is 0 Å². The molecular weight excluding hydrogens is 317 g/mol. The van der Waals surface area contributed by atoms with Gasteiger partial charge in [0.05, 0.1) is 5.69 Å². The third kappa shape index (κ3) is 2.92. The van der Waals surface area contributed by atoms with Gasteiger partial charge < -0.3 is 5.32 Å². The highest BCUT2D eigenvalue weighted by Gasteiger charge is 2.36. The zero-order chi connectivity index (χ0) is 16.6. The molecule has 0 bridgehead atoms. The third-order valence-electron chi connectivity index (χ3n) is 3.06. The maximum Gasteiger partial charge on any atom is 0.451 e. The number of alkyl halides is 3. The number of aromatic nitrogens is 2. The molecule has 3 aromatic rings. The molecular formula is C15H8F5N3. The van der Waals surface area contributed by atoms with Crippen LogP contribution in [0.4, 0.5) is 33.5 Å². The first-order chi connectivity index (χ1) is 10.9. The van der Waals surface area contributed by atoms with E-state index in [9.17, 15) is 22.0 Å². The number of benzene rings is 2. The molecule has 1 heterocycles. The minimum Gasteiger partial charge on any atom is -0.337 e. The Bertz CT molecular complexity index is 877. The Morgan fingerprint density at radius 2 is 1.52 bits per heavy atom. The Morgan fingerprint density at radius 1 is 0.826 bits per heavy atom. The molecule has 0 amide bonds. The molecule has 1 N–H and O–H groups in total. The number of hydrogen-bond acceptors (Lipinski definition) is 3. The van der Waals surface area contributed by atoms with Crippen LogP contribution < -0.4 is 5.32 Å². The molecule has 23 heavy (non-hydrogen) atoms. The molecule has 2 aromatic carbocycles. The zero-order valence-corrected chi connectivity index (χ0v) is 11.3. The summed E-state index contributed by atoms with van der Waals surface area (Å²) in [4.78, 5) is 6.59. The summed E-state index contributed by atoms with van der Waals surface area (Å²) in [6, 6.07) is 9.04. The summed E-state index contributed by atoms with van der Waals surface area (Å²) in [5.74, 6) is -3.43. The van der Waals surface area contributed by atoms with Crippen LogP contribution in [0.25, 0.3) is 10.9 Å². The number of nitrogens with one attached hydrogen (secondary N) is 1. The summed E-state index contributed by atoms with van der Waals surface area (Å²) in [7, 11) is 0. The summed E-state index contributed by atoms with van der Waals surface area (Å²) < 4.78 is 66.2. The SMILES string of the molecule is Fc1ccccc1Nc1nc(C(F)(F)F)nc2c(F)cccc12. The summed E-state index contributed by atoms with van der Waals surface area (Å²) in [5.41, 5.74) is -0.571.